The topological polar surface area (TPSA) is 48.8 Å². The van der Waals surface area contributed by atoms with Crippen LogP contribution in [0.25, 0.3) is 16.5 Å². The van der Waals surface area contributed by atoms with Gasteiger partial charge in [0.25, 0.3) is 0 Å². The van der Waals surface area contributed by atoms with Gasteiger partial charge >= 0.3 is 0 Å². The third-order valence-electron chi connectivity index (χ3n) is 1.59. The number of benzene rings is 1. The number of nitrogens with zero attached hydrogens (tertiary/aromatic N) is 3. The van der Waals surface area contributed by atoms with Crippen LogP contribution in [0.15, 0.2) is 23.3 Å². The van der Waals surface area contributed by atoms with Crippen molar-refractivity contribution in [2.24, 2.45) is 5.11 Å². The highest BCUT2D eigenvalue weighted by molar-refractivity contribution is 6.43. The summed E-state index contributed by atoms with van der Waals surface area (Å²) in [7, 11) is 0. The minimum atomic E-state index is 0.271. The molecule has 3 nitrogen and oxygen atoms in total. The highest BCUT2D eigenvalue weighted by Crippen LogP contribution is 2.29. The Hall–Kier alpha value is -0.860. The van der Waals surface area contributed by atoms with Gasteiger partial charge < -0.3 is 0 Å². The molecular weight excluding hydrogens is 256 g/mol. The summed E-state index contributed by atoms with van der Waals surface area (Å²) in [5, 5.41) is 4.70. The summed E-state index contributed by atoms with van der Waals surface area (Å²) < 4.78 is 0. The van der Waals surface area contributed by atoms with Gasteiger partial charge in [0.1, 0.15) is 0 Å². The Morgan fingerprint density at radius 1 is 1.20 bits per heavy atom. The van der Waals surface area contributed by atoms with Crippen LogP contribution >= 0.6 is 34.8 Å². The van der Waals surface area contributed by atoms with Gasteiger partial charge in [0.15, 0.2) is 0 Å². The summed E-state index contributed by atoms with van der Waals surface area (Å²) in [6, 6.07) is 3.22. The summed E-state index contributed by atoms with van der Waals surface area (Å²) >= 11 is 17.5. The van der Waals surface area contributed by atoms with E-state index < -0.39 is 0 Å². The van der Waals surface area contributed by atoms with Crippen molar-refractivity contribution in [2.45, 2.75) is 0 Å². The lowest BCUT2D eigenvalue weighted by molar-refractivity contribution is 1.22. The normalized spacial score (nSPS) is 10.3. The first-order valence-corrected chi connectivity index (χ1v) is 5.10. The summed E-state index contributed by atoms with van der Waals surface area (Å²) in [6.45, 7) is 0.271. The van der Waals surface area contributed by atoms with Gasteiger partial charge in [-0.1, -0.05) is 52.1 Å². The summed E-state index contributed by atoms with van der Waals surface area (Å²) in [6.07, 6.45) is 3.41. The summed E-state index contributed by atoms with van der Waals surface area (Å²) in [4.78, 5) is 2.61. The lowest BCUT2D eigenvalue weighted by Gasteiger charge is -2.01. The second-order valence-corrected chi connectivity index (χ2v) is 3.83. The first-order chi connectivity index (χ1) is 7.15. The third-order valence-corrected chi connectivity index (χ3v) is 2.64. The quantitative estimate of drug-likeness (QED) is 0.319. The Kier molecular flexibility index (Phi) is 4.79. The zero-order valence-corrected chi connectivity index (χ0v) is 9.76. The molecule has 0 radical (unpaired) electrons. The molecule has 0 bridgehead atoms. The molecule has 0 unspecified atom stereocenters. The Morgan fingerprint density at radius 3 is 2.53 bits per heavy atom. The molecule has 0 atom stereocenters. The Morgan fingerprint density at radius 2 is 1.87 bits per heavy atom. The molecule has 1 rings (SSSR count). The van der Waals surface area contributed by atoms with Crippen molar-refractivity contribution in [3.8, 4) is 0 Å². The van der Waals surface area contributed by atoms with E-state index in [-0.39, 0.29) is 6.54 Å². The third kappa shape index (κ3) is 3.65. The van der Waals surface area contributed by atoms with Crippen molar-refractivity contribution in [3.05, 3.63) is 49.3 Å². The molecule has 0 saturated carbocycles. The van der Waals surface area contributed by atoms with E-state index >= 15 is 0 Å². The smallest absolute Gasteiger partial charge is 0.0607 e. The second-order valence-electron chi connectivity index (χ2n) is 2.60. The second kappa shape index (κ2) is 5.89. The van der Waals surface area contributed by atoms with Crippen molar-refractivity contribution in [1.29, 1.82) is 0 Å². The monoisotopic (exact) mass is 261 g/mol. The van der Waals surface area contributed by atoms with Gasteiger partial charge in [-0.15, -0.1) is 0 Å². The molecule has 0 spiro atoms. The Bertz CT molecular complexity index is 436. The number of hydrogen-bond donors (Lipinski definition) is 0. The van der Waals surface area contributed by atoms with E-state index in [9.17, 15) is 0 Å². The maximum atomic E-state index is 8.06. The standard InChI is InChI=1S/C9H6Cl3N3/c10-7-5-9(12)8(11)4-6(7)2-1-3-14-15-13/h1-2,4-5H,3H2. The molecule has 0 saturated heterocycles. The molecule has 0 aliphatic carbocycles. The maximum absolute atomic E-state index is 8.06. The number of rotatable bonds is 3. The van der Waals surface area contributed by atoms with Crippen LogP contribution in [-0.4, -0.2) is 6.54 Å². The van der Waals surface area contributed by atoms with Crippen molar-refractivity contribution in [2.75, 3.05) is 6.54 Å². The van der Waals surface area contributed by atoms with E-state index in [2.05, 4.69) is 10.0 Å². The zero-order chi connectivity index (χ0) is 11.3. The van der Waals surface area contributed by atoms with Crippen molar-refractivity contribution < 1.29 is 0 Å². The van der Waals surface area contributed by atoms with Gasteiger partial charge in [0, 0.05) is 16.5 Å². The number of halogens is 3. The van der Waals surface area contributed by atoms with Crippen molar-refractivity contribution in [1.82, 2.24) is 0 Å². The van der Waals surface area contributed by atoms with Crippen LogP contribution in [0.5, 0.6) is 0 Å². The molecule has 0 amide bonds. The molecule has 1 aromatic carbocycles. The van der Waals surface area contributed by atoms with E-state index in [1.807, 2.05) is 0 Å². The molecular formula is C9H6Cl3N3. The van der Waals surface area contributed by atoms with E-state index in [0.29, 0.717) is 15.1 Å². The molecule has 78 valence electrons. The summed E-state index contributed by atoms with van der Waals surface area (Å²) in [5.41, 5.74) is 8.79. The van der Waals surface area contributed by atoms with Crippen molar-refractivity contribution in [3.63, 3.8) is 0 Å². The highest BCUT2D eigenvalue weighted by atomic mass is 35.5. The Balaban J connectivity index is 2.90. The Labute approximate surface area is 102 Å². The summed E-state index contributed by atoms with van der Waals surface area (Å²) in [5.74, 6) is 0. The first kappa shape index (κ1) is 12.2. The molecule has 0 aliphatic rings. The molecule has 1 aromatic rings. The molecule has 15 heavy (non-hydrogen) atoms. The fourth-order valence-corrected chi connectivity index (χ4v) is 1.55. The average molecular weight is 263 g/mol. The zero-order valence-electron chi connectivity index (χ0n) is 7.49. The molecule has 0 heterocycles. The molecule has 0 fully saturated rings. The average Bonchev–Trinajstić information content (AvgIpc) is 2.20. The molecule has 6 heteroatoms. The number of azide groups is 1. The first-order valence-electron chi connectivity index (χ1n) is 3.97. The lowest BCUT2D eigenvalue weighted by Crippen LogP contribution is -1.78. The molecule has 0 aromatic heterocycles. The molecule has 0 aliphatic heterocycles. The van der Waals surface area contributed by atoms with Crippen molar-refractivity contribution >= 4 is 40.9 Å². The van der Waals surface area contributed by atoms with Gasteiger partial charge in [0.05, 0.1) is 10.0 Å². The van der Waals surface area contributed by atoms with Crippen LogP contribution in [0.4, 0.5) is 0 Å². The van der Waals surface area contributed by atoms with Crippen LogP contribution in [0, 0.1) is 0 Å². The van der Waals surface area contributed by atoms with E-state index in [1.165, 1.54) is 0 Å². The van der Waals surface area contributed by atoms with Crippen LogP contribution in [0.3, 0.4) is 0 Å². The van der Waals surface area contributed by atoms with Gasteiger partial charge in [-0.3, -0.25) is 0 Å². The minimum absolute atomic E-state index is 0.271. The minimum Gasteiger partial charge on any atom is -0.0899 e. The van der Waals surface area contributed by atoms with Crippen LogP contribution in [0.1, 0.15) is 5.56 Å². The predicted molar refractivity (Wildman–Crippen MR) is 64.5 cm³/mol. The van der Waals surface area contributed by atoms with Gasteiger partial charge in [0.2, 0.25) is 0 Å². The van der Waals surface area contributed by atoms with Crippen LogP contribution in [0.2, 0.25) is 15.1 Å². The SMILES string of the molecule is [N-]=[N+]=NCC=Cc1cc(Cl)c(Cl)cc1Cl. The van der Waals surface area contributed by atoms with Crippen LogP contribution in [-0.2, 0) is 0 Å². The highest BCUT2D eigenvalue weighted by Gasteiger charge is 2.02. The fourth-order valence-electron chi connectivity index (χ4n) is 0.929. The maximum Gasteiger partial charge on any atom is 0.0607 e. The van der Waals surface area contributed by atoms with Gasteiger partial charge in [-0.2, -0.15) is 0 Å². The van der Waals surface area contributed by atoms with Gasteiger partial charge in [-0.25, -0.2) is 0 Å². The van der Waals surface area contributed by atoms with E-state index in [4.69, 9.17) is 40.3 Å². The predicted octanol–water partition coefficient (Wildman–Crippen LogP) is 4.97. The van der Waals surface area contributed by atoms with Crippen LogP contribution < -0.4 is 0 Å². The van der Waals surface area contributed by atoms with E-state index in [1.54, 1.807) is 24.3 Å². The number of hydrogen-bond acceptors (Lipinski definition) is 1. The fraction of sp³-hybridized carbons (Fsp3) is 0.111. The molecule has 0 N–H and O–H groups in total. The van der Waals surface area contributed by atoms with Gasteiger partial charge in [-0.05, 0) is 23.2 Å². The van der Waals surface area contributed by atoms with E-state index in [0.717, 1.165) is 5.56 Å². The lowest BCUT2D eigenvalue weighted by atomic mass is 10.2. The largest absolute Gasteiger partial charge is 0.0899 e.